The fourth-order valence-corrected chi connectivity index (χ4v) is 4.78. The lowest BCUT2D eigenvalue weighted by molar-refractivity contribution is -0.123. The highest BCUT2D eigenvalue weighted by Crippen LogP contribution is 2.49. The van der Waals surface area contributed by atoms with Crippen LogP contribution in [0.25, 0.3) is 0 Å². The standard InChI is InChI=1S/C20H24N2O/c1-22-14-16-8-5-9-17-12-18(23)10-11-20(17,19(16)21-22)13-15-6-3-2-4-7-15/h2-4,6-7,14,17H,5,8-13H2,1H3/t17-,20-/m0/s1. The van der Waals surface area contributed by atoms with E-state index in [0.29, 0.717) is 18.1 Å². The third-order valence-electron chi connectivity index (χ3n) is 5.84. The summed E-state index contributed by atoms with van der Waals surface area (Å²) in [4.78, 5) is 12.1. The Hall–Kier alpha value is -1.90. The molecule has 0 bridgehead atoms. The second-order valence-corrected chi connectivity index (χ2v) is 7.33. The highest BCUT2D eigenvalue weighted by atomic mass is 16.1. The molecule has 0 unspecified atom stereocenters. The maximum Gasteiger partial charge on any atom is 0.133 e. The molecule has 2 aliphatic carbocycles. The van der Waals surface area contributed by atoms with Crippen LogP contribution in [0.3, 0.4) is 0 Å². The van der Waals surface area contributed by atoms with Crippen molar-refractivity contribution in [2.75, 3.05) is 0 Å². The summed E-state index contributed by atoms with van der Waals surface area (Å²) in [7, 11) is 2.02. The lowest BCUT2D eigenvalue weighted by Gasteiger charge is -2.42. The van der Waals surface area contributed by atoms with Gasteiger partial charge in [0.2, 0.25) is 0 Å². The highest BCUT2D eigenvalue weighted by Gasteiger charge is 2.48. The van der Waals surface area contributed by atoms with E-state index in [0.717, 1.165) is 32.1 Å². The Morgan fingerprint density at radius 1 is 1.26 bits per heavy atom. The van der Waals surface area contributed by atoms with Gasteiger partial charge < -0.3 is 0 Å². The summed E-state index contributed by atoms with van der Waals surface area (Å²) in [5.41, 5.74) is 4.09. The van der Waals surface area contributed by atoms with Gasteiger partial charge in [-0.25, -0.2) is 0 Å². The number of rotatable bonds is 2. The molecule has 23 heavy (non-hydrogen) atoms. The van der Waals surface area contributed by atoms with Gasteiger partial charge in [0, 0.05) is 31.5 Å². The molecule has 2 aromatic rings. The number of hydrogen-bond acceptors (Lipinski definition) is 2. The summed E-state index contributed by atoms with van der Waals surface area (Å²) < 4.78 is 1.97. The number of carbonyl (C=O) groups excluding carboxylic acids is 1. The zero-order chi connectivity index (χ0) is 15.9. The van der Waals surface area contributed by atoms with Crippen LogP contribution in [0, 0.1) is 5.92 Å². The van der Waals surface area contributed by atoms with Gasteiger partial charge in [0.15, 0.2) is 0 Å². The van der Waals surface area contributed by atoms with Gasteiger partial charge >= 0.3 is 0 Å². The second kappa shape index (κ2) is 5.63. The molecule has 3 nitrogen and oxygen atoms in total. The monoisotopic (exact) mass is 308 g/mol. The van der Waals surface area contributed by atoms with Crippen LogP contribution >= 0.6 is 0 Å². The van der Waals surface area contributed by atoms with Gasteiger partial charge in [0.1, 0.15) is 5.78 Å². The molecule has 1 aromatic carbocycles. The predicted octanol–water partition coefficient (Wildman–Crippen LogP) is 3.61. The Morgan fingerprint density at radius 3 is 2.91 bits per heavy atom. The SMILES string of the molecule is Cn1cc2c(n1)[C@]1(Cc3ccccc3)CCC(=O)C[C@@H]1CCC2. The molecule has 0 aliphatic heterocycles. The van der Waals surface area contributed by atoms with E-state index in [1.807, 2.05) is 11.7 Å². The van der Waals surface area contributed by atoms with Crippen molar-refractivity contribution in [1.29, 1.82) is 0 Å². The number of Topliss-reactive ketones (excluding diaryl/α,β-unsaturated/α-hetero) is 1. The maximum absolute atomic E-state index is 12.1. The number of aromatic nitrogens is 2. The zero-order valence-electron chi connectivity index (χ0n) is 13.8. The van der Waals surface area contributed by atoms with Gasteiger partial charge in [-0.15, -0.1) is 0 Å². The van der Waals surface area contributed by atoms with E-state index >= 15 is 0 Å². The number of ketones is 1. The third-order valence-corrected chi connectivity index (χ3v) is 5.84. The Balaban J connectivity index is 1.83. The average molecular weight is 308 g/mol. The molecule has 0 saturated heterocycles. The summed E-state index contributed by atoms with van der Waals surface area (Å²) in [5, 5.41) is 4.89. The summed E-state index contributed by atoms with van der Waals surface area (Å²) in [6.45, 7) is 0. The largest absolute Gasteiger partial charge is 0.300 e. The quantitative estimate of drug-likeness (QED) is 0.849. The minimum Gasteiger partial charge on any atom is -0.300 e. The van der Waals surface area contributed by atoms with E-state index in [1.165, 1.54) is 23.2 Å². The first-order valence-electron chi connectivity index (χ1n) is 8.76. The van der Waals surface area contributed by atoms with Gasteiger partial charge in [0.05, 0.1) is 5.69 Å². The van der Waals surface area contributed by atoms with E-state index in [9.17, 15) is 4.79 Å². The number of fused-ring (bicyclic) bond motifs is 3. The minimum absolute atomic E-state index is 0.0440. The van der Waals surface area contributed by atoms with Crippen molar-refractivity contribution < 1.29 is 4.79 Å². The number of aryl methyl sites for hydroxylation is 2. The molecule has 1 aromatic heterocycles. The zero-order valence-corrected chi connectivity index (χ0v) is 13.8. The first kappa shape index (κ1) is 14.7. The molecule has 2 aliphatic rings. The minimum atomic E-state index is 0.0440. The van der Waals surface area contributed by atoms with E-state index < -0.39 is 0 Å². The first-order valence-corrected chi connectivity index (χ1v) is 8.76. The number of hydrogen-bond donors (Lipinski definition) is 0. The van der Waals surface area contributed by atoms with Gasteiger partial charge in [-0.1, -0.05) is 30.3 Å². The predicted molar refractivity (Wildman–Crippen MR) is 90.3 cm³/mol. The number of nitrogens with zero attached hydrogens (tertiary/aromatic N) is 2. The van der Waals surface area contributed by atoms with Crippen molar-refractivity contribution in [3.05, 3.63) is 53.3 Å². The smallest absolute Gasteiger partial charge is 0.133 e. The van der Waals surface area contributed by atoms with Gasteiger partial charge in [0.25, 0.3) is 0 Å². The van der Waals surface area contributed by atoms with Gasteiger partial charge in [-0.05, 0) is 49.1 Å². The molecule has 3 heteroatoms. The van der Waals surface area contributed by atoms with Gasteiger partial charge in [-0.3, -0.25) is 9.48 Å². The molecule has 1 saturated carbocycles. The van der Waals surface area contributed by atoms with E-state index in [1.54, 1.807) is 0 Å². The molecule has 1 fully saturated rings. The summed E-state index contributed by atoms with van der Waals surface area (Å²) >= 11 is 0. The molecular weight excluding hydrogens is 284 g/mol. The Kier molecular flexibility index (Phi) is 3.59. The lowest BCUT2D eigenvalue weighted by Crippen LogP contribution is -2.43. The molecule has 0 radical (unpaired) electrons. The number of carbonyl (C=O) groups is 1. The molecular formula is C20H24N2O. The lowest BCUT2D eigenvalue weighted by atomic mass is 9.60. The van der Waals surface area contributed by atoms with Crippen molar-refractivity contribution in [1.82, 2.24) is 9.78 Å². The maximum atomic E-state index is 12.1. The Morgan fingerprint density at radius 2 is 2.09 bits per heavy atom. The van der Waals surface area contributed by atoms with Crippen LogP contribution in [0.2, 0.25) is 0 Å². The summed E-state index contributed by atoms with van der Waals surface area (Å²) in [6.07, 6.45) is 9.03. The van der Waals surface area contributed by atoms with E-state index in [4.69, 9.17) is 5.10 Å². The molecule has 2 atom stereocenters. The number of benzene rings is 1. The average Bonchev–Trinajstić information content (AvgIpc) is 2.86. The van der Waals surface area contributed by atoms with Crippen LogP contribution in [-0.2, 0) is 30.1 Å². The summed E-state index contributed by atoms with van der Waals surface area (Å²) in [6, 6.07) is 10.7. The van der Waals surface area contributed by atoms with Crippen molar-refractivity contribution >= 4 is 5.78 Å². The van der Waals surface area contributed by atoms with Crippen LogP contribution in [0.1, 0.15) is 48.9 Å². The van der Waals surface area contributed by atoms with Crippen LogP contribution in [0.4, 0.5) is 0 Å². The van der Waals surface area contributed by atoms with Crippen LogP contribution in [0.15, 0.2) is 36.5 Å². The molecule has 0 spiro atoms. The Labute approximate surface area is 137 Å². The highest BCUT2D eigenvalue weighted by molar-refractivity contribution is 5.80. The molecule has 0 amide bonds. The normalized spacial score (nSPS) is 27.2. The van der Waals surface area contributed by atoms with Crippen molar-refractivity contribution in [3.8, 4) is 0 Å². The molecule has 4 rings (SSSR count). The fraction of sp³-hybridized carbons (Fsp3) is 0.500. The van der Waals surface area contributed by atoms with Crippen molar-refractivity contribution in [2.45, 2.75) is 50.4 Å². The fourth-order valence-electron chi connectivity index (χ4n) is 4.78. The van der Waals surface area contributed by atoms with Crippen molar-refractivity contribution in [2.24, 2.45) is 13.0 Å². The summed E-state index contributed by atoms with van der Waals surface area (Å²) in [5.74, 6) is 0.887. The van der Waals surface area contributed by atoms with Crippen LogP contribution in [-0.4, -0.2) is 15.6 Å². The van der Waals surface area contributed by atoms with Gasteiger partial charge in [-0.2, -0.15) is 5.10 Å². The first-order chi connectivity index (χ1) is 11.2. The third kappa shape index (κ3) is 2.52. The Bertz CT molecular complexity index is 718. The molecule has 0 N–H and O–H groups in total. The van der Waals surface area contributed by atoms with Crippen LogP contribution < -0.4 is 0 Å². The van der Waals surface area contributed by atoms with E-state index in [2.05, 4.69) is 36.5 Å². The van der Waals surface area contributed by atoms with Crippen LogP contribution in [0.5, 0.6) is 0 Å². The topological polar surface area (TPSA) is 34.9 Å². The molecule has 120 valence electrons. The van der Waals surface area contributed by atoms with E-state index in [-0.39, 0.29) is 5.41 Å². The second-order valence-electron chi connectivity index (χ2n) is 7.33. The van der Waals surface area contributed by atoms with Crippen molar-refractivity contribution in [3.63, 3.8) is 0 Å². The molecule has 1 heterocycles.